The maximum Gasteiger partial charge on any atom is 0.244 e. The van der Waals surface area contributed by atoms with Crippen LogP contribution in [0.5, 0.6) is 0 Å². The number of carbonyl (C=O) groups excluding carboxylic acids is 1. The van der Waals surface area contributed by atoms with Gasteiger partial charge >= 0.3 is 0 Å². The summed E-state index contributed by atoms with van der Waals surface area (Å²) in [6.45, 7) is 6.96. The van der Waals surface area contributed by atoms with Gasteiger partial charge in [0.25, 0.3) is 0 Å². The number of nitrogens with one attached hydrogen (secondary N) is 1. The van der Waals surface area contributed by atoms with Crippen LogP contribution in [0.15, 0.2) is 53.7 Å². The molecule has 0 aliphatic carbocycles. The second-order valence-electron chi connectivity index (χ2n) is 7.92. The van der Waals surface area contributed by atoms with Crippen LogP contribution in [0.1, 0.15) is 56.7 Å². The number of hydrogen-bond donors (Lipinski definition) is 1. The fourth-order valence-electron chi connectivity index (χ4n) is 3.59. The molecule has 1 saturated heterocycles. The Balaban J connectivity index is 1.56. The van der Waals surface area contributed by atoms with Crippen molar-refractivity contribution in [1.29, 1.82) is 0 Å². The molecular formula is C22H29N3O3S. The highest BCUT2D eigenvalue weighted by molar-refractivity contribution is 7.89. The van der Waals surface area contributed by atoms with Crippen LogP contribution in [0.3, 0.4) is 0 Å². The summed E-state index contributed by atoms with van der Waals surface area (Å²) in [6, 6.07) is 11.4. The van der Waals surface area contributed by atoms with Crippen LogP contribution in [0.2, 0.25) is 0 Å². The van der Waals surface area contributed by atoms with E-state index in [0.29, 0.717) is 31.8 Å². The van der Waals surface area contributed by atoms with Gasteiger partial charge in [-0.05, 0) is 48.9 Å². The summed E-state index contributed by atoms with van der Waals surface area (Å²) >= 11 is 0. The van der Waals surface area contributed by atoms with Gasteiger partial charge in [0, 0.05) is 31.4 Å². The van der Waals surface area contributed by atoms with Crippen molar-refractivity contribution >= 4 is 15.9 Å². The molecule has 2 aromatic rings. The quantitative estimate of drug-likeness (QED) is 0.783. The van der Waals surface area contributed by atoms with Crippen LogP contribution in [0, 0.1) is 5.92 Å². The summed E-state index contributed by atoms with van der Waals surface area (Å²) in [4.78, 5) is 16.8. The predicted octanol–water partition coefficient (Wildman–Crippen LogP) is 3.48. The molecule has 156 valence electrons. The summed E-state index contributed by atoms with van der Waals surface area (Å²) in [5.74, 6) is 0.290. The first kappa shape index (κ1) is 21.5. The fourth-order valence-corrected chi connectivity index (χ4v) is 5.03. The van der Waals surface area contributed by atoms with E-state index in [1.165, 1.54) is 16.1 Å². The molecule has 0 spiro atoms. The summed E-state index contributed by atoms with van der Waals surface area (Å²) in [7, 11) is -3.55. The summed E-state index contributed by atoms with van der Waals surface area (Å²) in [6.07, 6.45) is 3.95. The van der Waals surface area contributed by atoms with E-state index in [0.717, 1.165) is 5.56 Å². The molecule has 2 heterocycles. The molecule has 1 aromatic carbocycles. The third-order valence-electron chi connectivity index (χ3n) is 5.56. The average Bonchev–Trinajstić information content (AvgIpc) is 2.74. The number of benzene rings is 1. The molecule has 1 amide bonds. The lowest BCUT2D eigenvalue weighted by Gasteiger charge is -2.31. The highest BCUT2D eigenvalue weighted by Crippen LogP contribution is 2.25. The zero-order valence-corrected chi connectivity index (χ0v) is 18.0. The Labute approximate surface area is 173 Å². The molecule has 1 aliphatic heterocycles. The van der Waals surface area contributed by atoms with Gasteiger partial charge in [0.05, 0.1) is 6.04 Å². The number of nitrogens with zero attached hydrogens (tertiary/aromatic N) is 2. The van der Waals surface area contributed by atoms with Crippen molar-refractivity contribution in [3.05, 3.63) is 59.9 Å². The van der Waals surface area contributed by atoms with Gasteiger partial charge < -0.3 is 5.32 Å². The Bertz CT molecular complexity index is 920. The monoisotopic (exact) mass is 415 g/mol. The first-order valence-electron chi connectivity index (χ1n) is 10.1. The topological polar surface area (TPSA) is 79.4 Å². The number of aromatic nitrogens is 1. The molecule has 1 aliphatic rings. The van der Waals surface area contributed by atoms with E-state index in [2.05, 4.69) is 48.4 Å². The van der Waals surface area contributed by atoms with Crippen molar-refractivity contribution in [2.75, 3.05) is 13.1 Å². The molecule has 0 bridgehead atoms. The van der Waals surface area contributed by atoms with Gasteiger partial charge in [0.15, 0.2) is 0 Å². The molecule has 1 fully saturated rings. The van der Waals surface area contributed by atoms with Crippen LogP contribution in [-0.4, -0.2) is 36.7 Å². The van der Waals surface area contributed by atoms with E-state index in [9.17, 15) is 13.2 Å². The number of piperidine rings is 1. The maximum atomic E-state index is 12.7. The number of carbonyl (C=O) groups is 1. The molecule has 0 radical (unpaired) electrons. The molecule has 7 heteroatoms. The lowest BCUT2D eigenvalue weighted by atomic mass is 9.96. The second-order valence-corrected chi connectivity index (χ2v) is 9.86. The largest absolute Gasteiger partial charge is 0.349 e. The van der Waals surface area contributed by atoms with Crippen LogP contribution in [0.25, 0.3) is 0 Å². The zero-order valence-electron chi connectivity index (χ0n) is 17.2. The van der Waals surface area contributed by atoms with Gasteiger partial charge in [-0.1, -0.05) is 38.1 Å². The van der Waals surface area contributed by atoms with Crippen molar-refractivity contribution in [3.8, 4) is 0 Å². The Hall–Kier alpha value is -2.25. The van der Waals surface area contributed by atoms with Crippen molar-refractivity contribution in [2.45, 2.75) is 50.5 Å². The van der Waals surface area contributed by atoms with Crippen molar-refractivity contribution < 1.29 is 13.2 Å². The zero-order chi connectivity index (χ0) is 21.0. The number of sulfonamides is 1. The summed E-state index contributed by atoms with van der Waals surface area (Å²) in [5, 5.41) is 3.08. The predicted molar refractivity (Wildman–Crippen MR) is 113 cm³/mol. The van der Waals surface area contributed by atoms with E-state index in [1.807, 2.05) is 6.92 Å². The third kappa shape index (κ3) is 5.03. The van der Waals surface area contributed by atoms with Gasteiger partial charge in [-0.15, -0.1) is 0 Å². The van der Waals surface area contributed by atoms with Gasteiger partial charge in [0.2, 0.25) is 15.9 Å². The van der Waals surface area contributed by atoms with Crippen LogP contribution in [0.4, 0.5) is 0 Å². The SMILES string of the molecule is CC(C)c1ccc(C(C)NC(=O)C2CCN(S(=O)(=O)c3cccnc3)CC2)cc1. The average molecular weight is 416 g/mol. The Morgan fingerprint density at radius 1 is 1.07 bits per heavy atom. The van der Waals surface area contributed by atoms with Crippen molar-refractivity contribution in [2.24, 2.45) is 5.92 Å². The lowest BCUT2D eigenvalue weighted by Crippen LogP contribution is -2.43. The Morgan fingerprint density at radius 3 is 2.24 bits per heavy atom. The third-order valence-corrected chi connectivity index (χ3v) is 7.44. The number of hydrogen-bond acceptors (Lipinski definition) is 4. The second kappa shape index (κ2) is 9.05. The lowest BCUT2D eigenvalue weighted by molar-refractivity contribution is -0.126. The van der Waals surface area contributed by atoms with E-state index in [1.54, 1.807) is 18.3 Å². The van der Waals surface area contributed by atoms with E-state index < -0.39 is 10.0 Å². The normalized spacial score (nSPS) is 17.2. The highest BCUT2D eigenvalue weighted by Gasteiger charge is 2.32. The molecule has 3 rings (SSSR count). The van der Waals surface area contributed by atoms with Crippen LogP contribution in [-0.2, 0) is 14.8 Å². The smallest absolute Gasteiger partial charge is 0.244 e. The first-order valence-corrected chi connectivity index (χ1v) is 11.5. The van der Waals surface area contributed by atoms with Gasteiger partial charge in [-0.3, -0.25) is 9.78 Å². The minimum Gasteiger partial charge on any atom is -0.349 e. The molecule has 0 saturated carbocycles. The molecule has 6 nitrogen and oxygen atoms in total. The highest BCUT2D eigenvalue weighted by atomic mass is 32.2. The summed E-state index contributed by atoms with van der Waals surface area (Å²) in [5.41, 5.74) is 2.34. The molecule has 1 N–H and O–H groups in total. The minimum atomic E-state index is -3.55. The van der Waals surface area contributed by atoms with E-state index >= 15 is 0 Å². The minimum absolute atomic E-state index is 0.0103. The number of rotatable bonds is 6. The Kier molecular flexibility index (Phi) is 6.70. The van der Waals surface area contributed by atoms with E-state index in [4.69, 9.17) is 0 Å². The van der Waals surface area contributed by atoms with Crippen molar-refractivity contribution in [3.63, 3.8) is 0 Å². The number of amides is 1. The molecule has 1 atom stereocenters. The molecule has 1 unspecified atom stereocenters. The number of pyridine rings is 1. The Morgan fingerprint density at radius 2 is 1.69 bits per heavy atom. The van der Waals surface area contributed by atoms with E-state index in [-0.39, 0.29) is 22.8 Å². The van der Waals surface area contributed by atoms with Crippen LogP contribution < -0.4 is 5.32 Å². The van der Waals surface area contributed by atoms with Gasteiger partial charge in [0.1, 0.15) is 4.90 Å². The molecule has 29 heavy (non-hydrogen) atoms. The maximum absolute atomic E-state index is 12.7. The van der Waals surface area contributed by atoms with Gasteiger partial charge in [-0.25, -0.2) is 8.42 Å². The van der Waals surface area contributed by atoms with Crippen molar-refractivity contribution in [1.82, 2.24) is 14.6 Å². The summed E-state index contributed by atoms with van der Waals surface area (Å²) < 4.78 is 26.8. The fraction of sp³-hybridized carbons (Fsp3) is 0.455. The molecular weight excluding hydrogens is 386 g/mol. The standard InChI is InChI=1S/C22H29N3O3S/c1-16(2)18-6-8-19(9-7-18)17(3)24-22(26)20-10-13-25(14-11-20)29(27,28)21-5-4-12-23-15-21/h4-9,12,15-17,20H,10-11,13-14H2,1-3H3,(H,24,26). The molecule has 1 aromatic heterocycles. The first-order chi connectivity index (χ1) is 13.8. The van der Waals surface area contributed by atoms with Crippen LogP contribution >= 0.6 is 0 Å². The van der Waals surface area contributed by atoms with Gasteiger partial charge in [-0.2, -0.15) is 4.31 Å².